The van der Waals surface area contributed by atoms with Gasteiger partial charge in [0.1, 0.15) is 29.0 Å². The van der Waals surface area contributed by atoms with Crippen molar-refractivity contribution in [2.75, 3.05) is 31.6 Å². The Morgan fingerprint density at radius 1 is 1.46 bits per heavy atom. The van der Waals surface area contributed by atoms with Crippen molar-refractivity contribution < 1.29 is 28.9 Å². The van der Waals surface area contributed by atoms with Crippen molar-refractivity contribution in [3.8, 4) is 5.75 Å². The fourth-order valence-corrected chi connectivity index (χ4v) is 2.55. The maximum absolute atomic E-state index is 14.1. The molecule has 1 fully saturated rings. The molecular weight excluding hydrogens is 343 g/mol. The van der Waals surface area contributed by atoms with E-state index in [1.54, 1.807) is 31.7 Å². The van der Waals surface area contributed by atoms with E-state index >= 15 is 0 Å². The normalized spacial score (nSPS) is 18.5. The van der Waals surface area contributed by atoms with Gasteiger partial charge in [0.25, 0.3) is 0 Å². The van der Waals surface area contributed by atoms with Crippen molar-refractivity contribution in [3.63, 3.8) is 0 Å². The van der Waals surface area contributed by atoms with E-state index in [2.05, 4.69) is 5.32 Å². The van der Waals surface area contributed by atoms with E-state index in [1.165, 1.54) is 12.1 Å². The van der Waals surface area contributed by atoms with Crippen LogP contribution in [0.4, 0.5) is 14.9 Å². The molecule has 7 nitrogen and oxygen atoms in total. The molecule has 2 atom stereocenters. The summed E-state index contributed by atoms with van der Waals surface area (Å²) in [6, 6.07) is 4.42. The molecule has 1 aromatic carbocycles. The predicted molar refractivity (Wildman–Crippen MR) is 94.8 cm³/mol. The molecule has 1 aliphatic heterocycles. The number of amides is 1. The number of benzene rings is 1. The van der Waals surface area contributed by atoms with E-state index in [0.29, 0.717) is 25.3 Å². The van der Waals surface area contributed by atoms with E-state index in [-0.39, 0.29) is 18.3 Å². The fraction of sp³-hybridized carbons (Fsp3) is 0.611. The number of nitrogens with zero attached hydrogens (tertiary/aromatic N) is 1. The number of halogens is 1. The number of nitrogens with one attached hydrogen (secondary N) is 1. The van der Waals surface area contributed by atoms with E-state index < -0.39 is 30.2 Å². The summed E-state index contributed by atoms with van der Waals surface area (Å²) in [6.07, 6.45) is -1.08. The molecule has 1 amide bonds. The molecule has 1 aromatic rings. The summed E-state index contributed by atoms with van der Waals surface area (Å²) in [6.45, 7) is 5.83. The van der Waals surface area contributed by atoms with Crippen LogP contribution in [-0.2, 0) is 4.74 Å². The lowest BCUT2D eigenvalue weighted by Crippen LogP contribution is -2.36. The number of hydrogen-bond donors (Lipinski definition) is 3. The van der Waals surface area contributed by atoms with E-state index in [4.69, 9.17) is 14.6 Å². The van der Waals surface area contributed by atoms with Crippen molar-refractivity contribution in [1.29, 1.82) is 0 Å². The van der Waals surface area contributed by atoms with Crippen molar-refractivity contribution in [2.45, 2.75) is 45.0 Å². The van der Waals surface area contributed by atoms with Crippen LogP contribution in [0.2, 0.25) is 0 Å². The number of carbonyl (C=O) groups excluding carboxylic acids is 1. The van der Waals surface area contributed by atoms with Crippen LogP contribution in [-0.4, -0.2) is 65.3 Å². The molecule has 26 heavy (non-hydrogen) atoms. The van der Waals surface area contributed by atoms with Crippen LogP contribution < -0.4 is 10.1 Å². The minimum Gasteiger partial charge on any atom is -0.486 e. The number of aliphatic hydroxyl groups excluding tert-OH is 2. The maximum Gasteiger partial charge on any atom is 0.410 e. The third-order valence-corrected chi connectivity index (χ3v) is 3.79. The monoisotopic (exact) mass is 370 g/mol. The van der Waals surface area contributed by atoms with Crippen molar-refractivity contribution in [3.05, 3.63) is 24.0 Å². The first-order valence-electron chi connectivity index (χ1n) is 8.65. The van der Waals surface area contributed by atoms with Gasteiger partial charge in [-0.05, 0) is 32.9 Å². The quantitative estimate of drug-likeness (QED) is 0.709. The highest BCUT2D eigenvalue weighted by atomic mass is 19.1. The van der Waals surface area contributed by atoms with Gasteiger partial charge < -0.3 is 29.9 Å². The third kappa shape index (κ3) is 5.74. The standard InChI is InChI=1S/C18H27FN2O5/c1-18(2,3)26-17(24)21-8-7-13(10-21)25-15-6-4-5-14(19)16(15)20-9-12(23)11-22/h4-6,12-13,20,22-23H,7-11H2,1-3H3. The minimum atomic E-state index is -1.00. The smallest absolute Gasteiger partial charge is 0.410 e. The largest absolute Gasteiger partial charge is 0.486 e. The first-order valence-corrected chi connectivity index (χ1v) is 8.65. The molecule has 0 aromatic heterocycles. The van der Waals surface area contributed by atoms with E-state index in [9.17, 15) is 14.3 Å². The Labute approximate surface area is 152 Å². The minimum absolute atomic E-state index is 0.0114. The summed E-state index contributed by atoms with van der Waals surface area (Å²) in [7, 11) is 0. The molecular formula is C18H27FN2O5. The zero-order chi connectivity index (χ0) is 19.3. The van der Waals surface area contributed by atoms with Gasteiger partial charge in [-0.1, -0.05) is 6.07 Å². The number of ether oxygens (including phenoxy) is 2. The van der Waals surface area contributed by atoms with Crippen LogP contribution in [0, 0.1) is 5.82 Å². The first kappa shape index (κ1) is 20.3. The Bertz CT molecular complexity index is 620. The van der Waals surface area contributed by atoms with Gasteiger partial charge in [0.2, 0.25) is 0 Å². The Morgan fingerprint density at radius 3 is 2.85 bits per heavy atom. The van der Waals surface area contributed by atoms with Crippen LogP contribution in [0.15, 0.2) is 18.2 Å². The van der Waals surface area contributed by atoms with Crippen LogP contribution in [0.5, 0.6) is 5.75 Å². The number of carbonyl (C=O) groups is 1. The molecule has 0 aliphatic carbocycles. The summed E-state index contributed by atoms with van der Waals surface area (Å²) in [5.41, 5.74) is -0.445. The highest BCUT2D eigenvalue weighted by Crippen LogP contribution is 2.30. The van der Waals surface area contributed by atoms with Crippen molar-refractivity contribution in [2.24, 2.45) is 0 Å². The molecule has 0 bridgehead atoms. The van der Waals surface area contributed by atoms with Crippen LogP contribution in [0.3, 0.4) is 0 Å². The first-order chi connectivity index (χ1) is 12.2. The molecule has 3 N–H and O–H groups in total. The van der Waals surface area contributed by atoms with E-state index in [0.717, 1.165) is 0 Å². The SMILES string of the molecule is CC(C)(C)OC(=O)N1CCC(Oc2cccc(F)c2NCC(O)CO)C1. The molecule has 0 radical (unpaired) electrons. The van der Waals surface area contributed by atoms with Gasteiger partial charge in [-0.25, -0.2) is 9.18 Å². The maximum atomic E-state index is 14.1. The van der Waals surface area contributed by atoms with Gasteiger partial charge >= 0.3 is 6.09 Å². The topological polar surface area (TPSA) is 91.3 Å². The fourth-order valence-electron chi connectivity index (χ4n) is 2.55. The molecule has 146 valence electrons. The zero-order valence-corrected chi connectivity index (χ0v) is 15.4. The number of hydrogen-bond acceptors (Lipinski definition) is 6. The molecule has 1 saturated heterocycles. The predicted octanol–water partition coefficient (Wildman–Crippen LogP) is 1.98. The van der Waals surface area contributed by atoms with Gasteiger partial charge in [-0.3, -0.25) is 0 Å². The lowest BCUT2D eigenvalue weighted by molar-refractivity contribution is 0.0275. The average Bonchev–Trinajstić information content (AvgIpc) is 3.01. The lowest BCUT2D eigenvalue weighted by atomic mass is 10.2. The number of anilines is 1. The summed E-state index contributed by atoms with van der Waals surface area (Å²) < 4.78 is 25.3. The molecule has 0 saturated carbocycles. The third-order valence-electron chi connectivity index (χ3n) is 3.79. The Kier molecular flexibility index (Phi) is 6.66. The van der Waals surface area contributed by atoms with Gasteiger partial charge in [-0.15, -0.1) is 0 Å². The number of para-hydroxylation sites is 1. The lowest BCUT2D eigenvalue weighted by Gasteiger charge is -2.24. The van der Waals surface area contributed by atoms with Gasteiger partial charge in [0.15, 0.2) is 0 Å². The van der Waals surface area contributed by atoms with Crippen molar-refractivity contribution >= 4 is 11.8 Å². The van der Waals surface area contributed by atoms with Crippen molar-refractivity contribution in [1.82, 2.24) is 4.90 Å². The number of aliphatic hydroxyl groups is 2. The Morgan fingerprint density at radius 2 is 2.19 bits per heavy atom. The molecule has 0 spiro atoms. The van der Waals surface area contributed by atoms with Gasteiger partial charge in [0, 0.05) is 19.5 Å². The average molecular weight is 370 g/mol. The molecule has 1 aliphatic rings. The van der Waals surface area contributed by atoms with Gasteiger partial charge in [-0.2, -0.15) is 0 Å². The Hall–Kier alpha value is -2.06. The molecule has 8 heteroatoms. The highest BCUT2D eigenvalue weighted by molar-refractivity contribution is 5.68. The summed E-state index contributed by atoms with van der Waals surface area (Å²) >= 11 is 0. The summed E-state index contributed by atoms with van der Waals surface area (Å²) in [5, 5.41) is 21.1. The number of rotatable bonds is 6. The van der Waals surface area contributed by atoms with Crippen LogP contribution >= 0.6 is 0 Å². The molecule has 2 unspecified atom stereocenters. The highest BCUT2D eigenvalue weighted by Gasteiger charge is 2.31. The number of likely N-dealkylation sites (tertiary alicyclic amines) is 1. The molecule has 2 rings (SSSR count). The second kappa shape index (κ2) is 8.55. The van der Waals surface area contributed by atoms with Crippen LogP contribution in [0.25, 0.3) is 0 Å². The Balaban J connectivity index is 1.99. The second-order valence-electron chi connectivity index (χ2n) is 7.29. The summed E-state index contributed by atoms with van der Waals surface area (Å²) in [4.78, 5) is 13.7. The van der Waals surface area contributed by atoms with Crippen LogP contribution in [0.1, 0.15) is 27.2 Å². The zero-order valence-electron chi connectivity index (χ0n) is 15.4. The van der Waals surface area contributed by atoms with Gasteiger partial charge in [0.05, 0.1) is 19.3 Å². The molecule has 1 heterocycles. The summed E-state index contributed by atoms with van der Waals surface area (Å²) in [5.74, 6) is -0.221. The van der Waals surface area contributed by atoms with E-state index in [1.807, 2.05) is 0 Å². The second-order valence-corrected chi connectivity index (χ2v) is 7.29.